The van der Waals surface area contributed by atoms with E-state index in [0.29, 0.717) is 0 Å². The summed E-state index contributed by atoms with van der Waals surface area (Å²) in [4.78, 5) is 0. The van der Waals surface area contributed by atoms with E-state index in [9.17, 15) is 0 Å². The zero-order chi connectivity index (χ0) is 18.7. The molecule has 0 saturated carbocycles. The second kappa shape index (κ2) is 16.9. The van der Waals surface area contributed by atoms with Crippen LogP contribution in [0.3, 0.4) is 0 Å². The molecule has 2 fully saturated rings. The van der Waals surface area contributed by atoms with Crippen molar-refractivity contribution in [1.29, 1.82) is 0 Å². The first-order valence-electron chi connectivity index (χ1n) is 11.2. The van der Waals surface area contributed by atoms with Crippen molar-refractivity contribution in [3.63, 3.8) is 0 Å². The number of rotatable bonds is 0. The Hall–Kier alpha value is 0.337. The Balaban J connectivity index is 0.000000424. The van der Waals surface area contributed by atoms with Crippen LogP contribution >= 0.6 is 0 Å². The van der Waals surface area contributed by atoms with Gasteiger partial charge in [-0.15, -0.1) is 6.42 Å². The van der Waals surface area contributed by atoms with Crippen molar-refractivity contribution in [3.8, 4) is 0 Å². The van der Waals surface area contributed by atoms with Crippen LogP contribution in [0.5, 0.6) is 0 Å². The van der Waals surface area contributed by atoms with Crippen molar-refractivity contribution >= 4 is 19.0 Å². The van der Waals surface area contributed by atoms with Crippen LogP contribution in [0.15, 0.2) is 66.8 Å². The molecule has 1 radical (unpaired) electrons. The molecule has 0 amide bonds. The van der Waals surface area contributed by atoms with Crippen molar-refractivity contribution in [3.05, 3.63) is 72.9 Å². The molecule has 0 bridgehead atoms. The predicted octanol–water partition coefficient (Wildman–Crippen LogP) is 0.176. The zero-order valence-electron chi connectivity index (χ0n) is 18.3. The quantitative estimate of drug-likeness (QED) is 0.296. The van der Waals surface area contributed by atoms with Crippen LogP contribution in [0.2, 0.25) is 22.2 Å². The largest absolute Gasteiger partial charge is 3.00 e. The third-order valence-electron chi connectivity index (χ3n) is 6.73. The van der Waals surface area contributed by atoms with Crippen LogP contribution < -0.4 is 24.8 Å². The van der Waals surface area contributed by atoms with E-state index in [4.69, 9.17) is 0 Å². The van der Waals surface area contributed by atoms with Gasteiger partial charge in [-0.3, -0.25) is 6.08 Å². The minimum absolute atomic E-state index is 0. The zero-order valence-corrected chi connectivity index (χ0v) is 25.1. The van der Waals surface area contributed by atoms with E-state index in [1.54, 1.807) is 12.1 Å². The molecule has 2 saturated heterocycles. The molecule has 2 spiro atoms. The molecule has 0 aromatic rings. The van der Waals surface area contributed by atoms with Crippen molar-refractivity contribution in [2.45, 2.75) is 80.0 Å². The fourth-order valence-corrected chi connectivity index (χ4v) is 9.97. The van der Waals surface area contributed by atoms with Gasteiger partial charge >= 0.3 is 26.2 Å². The van der Waals surface area contributed by atoms with Gasteiger partial charge in [-0.05, 0) is 35.8 Å². The van der Waals surface area contributed by atoms with Crippen molar-refractivity contribution in [2.24, 2.45) is 0 Å². The first-order chi connectivity index (χ1) is 13.3. The molecule has 2 aliphatic heterocycles. The molecule has 0 aromatic carbocycles. The number of halogens is 2. The summed E-state index contributed by atoms with van der Waals surface area (Å²) in [5, 5.41) is 1.46. The van der Waals surface area contributed by atoms with E-state index < -0.39 is 0 Å². The molecular formula is C25H37Cl2Si2Zr. The molecular weight excluding hydrogens is 519 g/mol. The average molecular weight is 556 g/mol. The molecule has 2 heterocycles. The molecule has 5 aliphatic rings. The molecule has 2 unspecified atom stereocenters. The number of hydrogen-bond acceptors (Lipinski definition) is 0. The van der Waals surface area contributed by atoms with Crippen LogP contribution in [0, 0.1) is 6.08 Å². The normalized spacial score (nSPS) is 31.2. The van der Waals surface area contributed by atoms with Crippen LogP contribution in [0.4, 0.5) is 0 Å². The van der Waals surface area contributed by atoms with E-state index in [0.717, 1.165) is 16.5 Å². The van der Waals surface area contributed by atoms with Gasteiger partial charge in [0, 0.05) is 19.0 Å². The molecule has 0 aromatic heterocycles. The summed E-state index contributed by atoms with van der Waals surface area (Å²) in [5.41, 5.74) is 0. The van der Waals surface area contributed by atoms with Crippen LogP contribution in [-0.4, -0.2) is 19.0 Å². The molecule has 0 N–H and O–H groups in total. The SMILES string of the molecule is C1=CCC2(C=C1)CCCC[SiH2]2.C1=CCC2(C=C1)CCCC[SiH2]2.[C-]1=CC=CC1.[Cl-].[Cl-].[Zr+3]. The summed E-state index contributed by atoms with van der Waals surface area (Å²) in [6.45, 7) is 0. The minimum atomic E-state index is 0. The predicted molar refractivity (Wildman–Crippen MR) is 127 cm³/mol. The smallest absolute Gasteiger partial charge is 1.00 e. The molecule has 5 heteroatoms. The monoisotopic (exact) mass is 553 g/mol. The van der Waals surface area contributed by atoms with Crippen molar-refractivity contribution in [2.75, 3.05) is 0 Å². The average Bonchev–Trinajstić information content (AvgIpc) is 3.31. The molecule has 5 rings (SSSR count). The van der Waals surface area contributed by atoms with Crippen LogP contribution in [0.1, 0.15) is 57.8 Å². The fraction of sp³-hybridized carbons (Fsp3) is 0.520. The first kappa shape index (κ1) is 30.3. The van der Waals surface area contributed by atoms with E-state index in [1.807, 2.05) is 12.2 Å². The Morgan fingerprint density at radius 2 is 1.17 bits per heavy atom. The maximum atomic E-state index is 2.99. The van der Waals surface area contributed by atoms with Gasteiger partial charge in [0.05, 0.1) is 0 Å². The van der Waals surface area contributed by atoms with Crippen LogP contribution in [-0.2, 0) is 26.2 Å². The van der Waals surface area contributed by atoms with E-state index in [2.05, 4.69) is 60.8 Å². The fourth-order valence-electron chi connectivity index (χ4n) is 5.01. The van der Waals surface area contributed by atoms with Gasteiger partial charge in [0.1, 0.15) is 0 Å². The van der Waals surface area contributed by atoms with Gasteiger partial charge in [-0.2, -0.15) is 6.08 Å². The Bertz CT molecular complexity index is 569. The summed E-state index contributed by atoms with van der Waals surface area (Å²) in [6, 6.07) is 3.16. The summed E-state index contributed by atoms with van der Waals surface area (Å²) in [7, 11) is 0.436. The summed E-state index contributed by atoms with van der Waals surface area (Å²) < 4.78 is 0. The van der Waals surface area contributed by atoms with E-state index in [1.165, 1.54) is 51.4 Å². The van der Waals surface area contributed by atoms with Crippen molar-refractivity contribution < 1.29 is 51.0 Å². The third-order valence-corrected chi connectivity index (χ3v) is 12.2. The number of hydrogen-bond donors (Lipinski definition) is 0. The Labute approximate surface area is 221 Å². The maximum absolute atomic E-state index is 2.99. The van der Waals surface area contributed by atoms with Gasteiger partial charge in [0.2, 0.25) is 0 Å². The first-order valence-corrected chi connectivity index (χ1v) is 14.6. The molecule has 3 aliphatic carbocycles. The van der Waals surface area contributed by atoms with E-state index in [-0.39, 0.29) is 70.1 Å². The Morgan fingerprint density at radius 1 is 0.633 bits per heavy atom. The second-order valence-corrected chi connectivity index (χ2v) is 14.1. The van der Waals surface area contributed by atoms with Gasteiger partial charge in [-0.25, -0.2) is 12.2 Å². The standard InChI is InChI=1S/2C10H16Si.C5H5.2ClH.Zr/c2*1-2-6-10(7-3-1)8-4-5-9-11-10;1-2-4-5-3-1;;;/h2*1-3,6H,4-5,7-9,11H2;1-3H,4H2;2*1H;/q;;-1;;;+3/p-2. The Morgan fingerprint density at radius 3 is 1.43 bits per heavy atom. The number of allylic oxidation sites excluding steroid dienone is 12. The molecule has 2 atom stereocenters. The van der Waals surface area contributed by atoms with Gasteiger partial charge < -0.3 is 24.8 Å². The second-order valence-electron chi connectivity index (χ2n) is 8.83. The summed E-state index contributed by atoms with van der Waals surface area (Å²) in [6.07, 6.45) is 40.3. The molecule has 30 heavy (non-hydrogen) atoms. The molecule has 163 valence electrons. The summed E-state index contributed by atoms with van der Waals surface area (Å²) >= 11 is 0. The minimum Gasteiger partial charge on any atom is -1.00 e. The van der Waals surface area contributed by atoms with Gasteiger partial charge in [0.15, 0.2) is 0 Å². The maximum Gasteiger partial charge on any atom is 3.00 e. The van der Waals surface area contributed by atoms with Gasteiger partial charge in [-0.1, -0.05) is 86.4 Å². The van der Waals surface area contributed by atoms with Gasteiger partial charge in [0.25, 0.3) is 0 Å². The third kappa shape index (κ3) is 10.3. The summed E-state index contributed by atoms with van der Waals surface area (Å²) in [5.74, 6) is 0. The van der Waals surface area contributed by atoms with Crippen molar-refractivity contribution in [1.82, 2.24) is 0 Å². The molecule has 0 nitrogen and oxygen atoms in total. The van der Waals surface area contributed by atoms with Crippen LogP contribution in [0.25, 0.3) is 0 Å². The van der Waals surface area contributed by atoms with E-state index >= 15 is 0 Å². The topological polar surface area (TPSA) is 0 Å². The Kier molecular flexibility index (Phi) is 17.1.